The highest BCUT2D eigenvalue weighted by atomic mass is 79.9. The molecule has 0 spiro atoms. The molecule has 0 aliphatic carbocycles. The largest absolute Gasteiger partial charge is 0.380 e. The van der Waals surface area contributed by atoms with Crippen LogP contribution in [0.3, 0.4) is 0 Å². The molecule has 1 aliphatic rings. The molecule has 0 amide bonds. The molecule has 1 aliphatic heterocycles. The van der Waals surface area contributed by atoms with Gasteiger partial charge in [0.1, 0.15) is 11.6 Å². The maximum Gasteiger partial charge on any atom is 0.147 e. The molecule has 0 aromatic heterocycles. The average molecular weight is 319 g/mol. The van der Waals surface area contributed by atoms with Crippen LogP contribution in [0.4, 0.5) is 14.5 Å². The first-order valence-corrected chi connectivity index (χ1v) is 6.88. The predicted molar refractivity (Wildman–Crippen MR) is 72.8 cm³/mol. The highest BCUT2D eigenvalue weighted by Gasteiger charge is 2.23. The van der Waals surface area contributed by atoms with Crippen molar-refractivity contribution >= 4 is 21.6 Å². The Morgan fingerprint density at radius 3 is 2.72 bits per heavy atom. The van der Waals surface area contributed by atoms with Crippen LogP contribution in [0.2, 0.25) is 0 Å². The van der Waals surface area contributed by atoms with E-state index in [1.54, 1.807) is 0 Å². The molecule has 0 radical (unpaired) electrons. The van der Waals surface area contributed by atoms with Gasteiger partial charge >= 0.3 is 0 Å². The Hall–Kier alpha value is -0.680. The lowest BCUT2D eigenvalue weighted by molar-refractivity contribution is 0.190. The van der Waals surface area contributed by atoms with E-state index < -0.39 is 11.6 Å². The van der Waals surface area contributed by atoms with Gasteiger partial charge in [-0.25, -0.2) is 8.78 Å². The molecule has 5 heteroatoms. The Bertz CT molecular complexity index is 439. The van der Waals surface area contributed by atoms with Crippen molar-refractivity contribution in [1.82, 2.24) is 4.90 Å². The fraction of sp³-hybridized carbons (Fsp3) is 0.538. The van der Waals surface area contributed by atoms with Crippen molar-refractivity contribution in [2.75, 3.05) is 18.9 Å². The monoisotopic (exact) mass is 318 g/mol. The average Bonchev–Trinajstić information content (AvgIpc) is 2.31. The predicted octanol–water partition coefficient (Wildman–Crippen LogP) is 3.62. The van der Waals surface area contributed by atoms with Crippen molar-refractivity contribution in [2.45, 2.75) is 31.8 Å². The maximum absolute atomic E-state index is 13.7. The molecule has 2 unspecified atom stereocenters. The summed E-state index contributed by atoms with van der Waals surface area (Å²) < 4.78 is 27.2. The number of benzene rings is 1. The van der Waals surface area contributed by atoms with E-state index in [9.17, 15) is 8.78 Å². The number of rotatable bonds is 2. The molecule has 1 heterocycles. The topological polar surface area (TPSA) is 15.3 Å². The Kier molecular flexibility index (Phi) is 4.22. The molecule has 18 heavy (non-hydrogen) atoms. The first-order valence-electron chi connectivity index (χ1n) is 6.08. The van der Waals surface area contributed by atoms with Gasteiger partial charge in [0.2, 0.25) is 0 Å². The van der Waals surface area contributed by atoms with Crippen LogP contribution in [0.25, 0.3) is 0 Å². The third-order valence-corrected chi connectivity index (χ3v) is 4.19. The van der Waals surface area contributed by atoms with Crippen LogP contribution in [0.5, 0.6) is 0 Å². The lowest BCUT2D eigenvalue weighted by Crippen LogP contribution is -2.42. The summed E-state index contributed by atoms with van der Waals surface area (Å²) in [5, 5.41) is 3.11. The number of piperidine rings is 1. The summed E-state index contributed by atoms with van der Waals surface area (Å²) in [4.78, 5) is 2.27. The molecular weight excluding hydrogens is 302 g/mol. The second-order valence-electron chi connectivity index (χ2n) is 4.94. The van der Waals surface area contributed by atoms with Gasteiger partial charge in [0.25, 0.3) is 0 Å². The van der Waals surface area contributed by atoms with Crippen LogP contribution in [-0.4, -0.2) is 30.6 Å². The summed E-state index contributed by atoms with van der Waals surface area (Å²) in [5.74, 6) is -0.866. The van der Waals surface area contributed by atoms with Gasteiger partial charge in [0.15, 0.2) is 0 Å². The summed E-state index contributed by atoms with van der Waals surface area (Å²) >= 11 is 2.97. The number of nitrogens with zero attached hydrogens (tertiary/aromatic N) is 1. The fourth-order valence-electron chi connectivity index (χ4n) is 2.27. The normalized spacial score (nSPS) is 25.2. The van der Waals surface area contributed by atoms with Crippen LogP contribution in [-0.2, 0) is 0 Å². The standard InChI is InChI=1S/C13H17BrF2N2/c1-8-5-9(3-4-18(8)2)17-13-7-11(15)10(14)6-12(13)16/h6-9,17H,3-5H2,1-2H3. The van der Waals surface area contributed by atoms with Crippen molar-refractivity contribution in [1.29, 1.82) is 0 Å². The summed E-state index contributed by atoms with van der Waals surface area (Å²) in [6, 6.07) is 3.03. The minimum Gasteiger partial charge on any atom is -0.380 e. The molecule has 1 saturated heterocycles. The van der Waals surface area contributed by atoms with E-state index in [1.165, 1.54) is 6.07 Å². The Balaban J connectivity index is 2.08. The van der Waals surface area contributed by atoms with Gasteiger partial charge in [0.05, 0.1) is 10.2 Å². The fourth-order valence-corrected chi connectivity index (χ4v) is 2.59. The van der Waals surface area contributed by atoms with Crippen LogP contribution >= 0.6 is 15.9 Å². The van der Waals surface area contributed by atoms with Gasteiger partial charge in [-0.3, -0.25) is 0 Å². The summed E-state index contributed by atoms with van der Waals surface area (Å²) in [5.41, 5.74) is 0.248. The van der Waals surface area contributed by atoms with E-state index >= 15 is 0 Å². The van der Waals surface area contributed by atoms with E-state index in [-0.39, 0.29) is 16.2 Å². The summed E-state index contributed by atoms with van der Waals surface area (Å²) in [6.45, 7) is 3.12. The van der Waals surface area contributed by atoms with Crippen LogP contribution in [0.1, 0.15) is 19.8 Å². The Morgan fingerprint density at radius 1 is 1.33 bits per heavy atom. The highest BCUT2D eigenvalue weighted by molar-refractivity contribution is 9.10. The maximum atomic E-state index is 13.7. The Labute approximate surface area is 114 Å². The zero-order valence-electron chi connectivity index (χ0n) is 10.5. The van der Waals surface area contributed by atoms with Crippen LogP contribution in [0.15, 0.2) is 16.6 Å². The number of nitrogens with one attached hydrogen (secondary N) is 1. The molecule has 1 aromatic rings. The molecule has 1 fully saturated rings. The third-order valence-electron chi connectivity index (χ3n) is 3.58. The van der Waals surface area contributed by atoms with E-state index in [1.807, 2.05) is 0 Å². The van der Waals surface area contributed by atoms with Crippen molar-refractivity contribution in [3.05, 3.63) is 28.2 Å². The molecule has 100 valence electrons. The van der Waals surface area contributed by atoms with Crippen molar-refractivity contribution in [3.8, 4) is 0 Å². The second-order valence-corrected chi connectivity index (χ2v) is 5.80. The number of hydrogen-bond acceptors (Lipinski definition) is 2. The molecule has 1 aromatic carbocycles. The minimum atomic E-state index is -0.445. The molecule has 2 nitrogen and oxygen atoms in total. The van der Waals surface area contributed by atoms with E-state index in [2.05, 4.69) is 40.1 Å². The first kappa shape index (κ1) is 13.7. The first-order chi connectivity index (χ1) is 8.47. The smallest absolute Gasteiger partial charge is 0.147 e. The third kappa shape index (κ3) is 3.01. The van der Waals surface area contributed by atoms with Crippen LogP contribution < -0.4 is 5.32 Å². The van der Waals surface area contributed by atoms with Gasteiger partial charge in [0, 0.05) is 24.7 Å². The molecule has 1 N–H and O–H groups in total. The SMILES string of the molecule is CC1CC(Nc2cc(F)c(Br)cc2F)CCN1C. The summed E-state index contributed by atoms with van der Waals surface area (Å²) in [6.07, 6.45) is 1.88. The lowest BCUT2D eigenvalue weighted by Gasteiger charge is -2.35. The van der Waals surface area contributed by atoms with Crippen molar-refractivity contribution in [2.24, 2.45) is 0 Å². The number of likely N-dealkylation sites (tertiary alicyclic amines) is 1. The van der Waals surface area contributed by atoms with E-state index in [0.29, 0.717) is 6.04 Å². The second kappa shape index (κ2) is 5.53. The molecule has 2 atom stereocenters. The van der Waals surface area contributed by atoms with Gasteiger partial charge in [-0.1, -0.05) is 0 Å². The number of anilines is 1. The number of hydrogen-bond donors (Lipinski definition) is 1. The van der Waals surface area contributed by atoms with Gasteiger partial charge in [-0.2, -0.15) is 0 Å². The zero-order chi connectivity index (χ0) is 13.3. The Morgan fingerprint density at radius 2 is 2.06 bits per heavy atom. The molecule has 2 rings (SSSR count). The summed E-state index contributed by atoms with van der Waals surface area (Å²) in [7, 11) is 2.08. The quantitative estimate of drug-likeness (QED) is 0.838. The molecular formula is C13H17BrF2N2. The van der Waals surface area contributed by atoms with Gasteiger partial charge < -0.3 is 10.2 Å². The minimum absolute atomic E-state index is 0.155. The molecule has 0 saturated carbocycles. The molecule has 0 bridgehead atoms. The van der Waals surface area contributed by atoms with Crippen LogP contribution in [0, 0.1) is 11.6 Å². The van der Waals surface area contributed by atoms with E-state index in [0.717, 1.165) is 25.5 Å². The zero-order valence-corrected chi connectivity index (χ0v) is 12.1. The van der Waals surface area contributed by atoms with Gasteiger partial charge in [-0.15, -0.1) is 0 Å². The lowest BCUT2D eigenvalue weighted by atomic mass is 9.98. The van der Waals surface area contributed by atoms with Crippen molar-refractivity contribution in [3.63, 3.8) is 0 Å². The van der Waals surface area contributed by atoms with Crippen molar-refractivity contribution < 1.29 is 8.78 Å². The highest BCUT2D eigenvalue weighted by Crippen LogP contribution is 2.26. The van der Waals surface area contributed by atoms with Gasteiger partial charge in [-0.05, 0) is 48.8 Å². The van der Waals surface area contributed by atoms with E-state index in [4.69, 9.17) is 0 Å². The number of halogens is 3.